The van der Waals surface area contributed by atoms with E-state index in [9.17, 15) is 9.59 Å². The highest BCUT2D eigenvalue weighted by atomic mass is 16.2. The molecular formula is C20H31N5O2. The zero-order chi connectivity index (χ0) is 19.1. The van der Waals surface area contributed by atoms with E-state index in [2.05, 4.69) is 15.2 Å². The van der Waals surface area contributed by atoms with Crippen molar-refractivity contribution in [1.29, 1.82) is 0 Å². The van der Waals surface area contributed by atoms with Crippen molar-refractivity contribution in [1.82, 2.24) is 15.2 Å². The third-order valence-electron chi connectivity index (χ3n) is 5.45. The summed E-state index contributed by atoms with van der Waals surface area (Å²) in [5, 5.41) is 2.83. The van der Waals surface area contributed by atoms with Gasteiger partial charge in [0.1, 0.15) is 5.82 Å². The van der Waals surface area contributed by atoms with E-state index in [0.29, 0.717) is 31.7 Å². The molecule has 2 saturated heterocycles. The predicted molar refractivity (Wildman–Crippen MR) is 106 cm³/mol. The molecule has 0 saturated carbocycles. The summed E-state index contributed by atoms with van der Waals surface area (Å²) in [5.41, 5.74) is 6.04. The lowest BCUT2D eigenvalue weighted by atomic mass is 9.96. The SMILES string of the molecule is NCCNC(=O)C1CCCN(C(=O)c2ccc(N3CCCCCC3)nc2)C1. The minimum atomic E-state index is -0.154. The van der Waals surface area contributed by atoms with Gasteiger partial charge in [0.15, 0.2) is 0 Å². The number of nitrogens with zero attached hydrogens (tertiary/aromatic N) is 3. The molecule has 3 heterocycles. The molecule has 7 heteroatoms. The molecule has 0 spiro atoms. The molecule has 1 aromatic rings. The normalized spacial score (nSPS) is 20.9. The molecule has 0 radical (unpaired) electrons. The maximum atomic E-state index is 12.8. The maximum absolute atomic E-state index is 12.8. The van der Waals surface area contributed by atoms with Crippen LogP contribution in [-0.4, -0.2) is 61.0 Å². The fourth-order valence-corrected chi connectivity index (χ4v) is 3.90. The molecule has 27 heavy (non-hydrogen) atoms. The van der Waals surface area contributed by atoms with Gasteiger partial charge in [-0.3, -0.25) is 9.59 Å². The summed E-state index contributed by atoms with van der Waals surface area (Å²) in [6, 6.07) is 3.82. The average Bonchev–Trinajstić information content (AvgIpc) is 3.01. The van der Waals surface area contributed by atoms with E-state index in [1.165, 1.54) is 25.7 Å². The van der Waals surface area contributed by atoms with Crippen molar-refractivity contribution in [3.63, 3.8) is 0 Å². The van der Waals surface area contributed by atoms with Crippen LogP contribution in [0.4, 0.5) is 5.82 Å². The van der Waals surface area contributed by atoms with Gasteiger partial charge in [0.2, 0.25) is 5.91 Å². The van der Waals surface area contributed by atoms with Gasteiger partial charge in [0, 0.05) is 45.5 Å². The molecular weight excluding hydrogens is 342 g/mol. The Kier molecular flexibility index (Phi) is 7.04. The van der Waals surface area contributed by atoms with Crippen molar-refractivity contribution < 1.29 is 9.59 Å². The molecule has 148 valence electrons. The quantitative estimate of drug-likeness (QED) is 0.814. The highest BCUT2D eigenvalue weighted by Crippen LogP contribution is 2.21. The second-order valence-electron chi connectivity index (χ2n) is 7.48. The predicted octanol–water partition coefficient (Wildman–Crippen LogP) is 1.39. The first kappa shape index (κ1) is 19.6. The van der Waals surface area contributed by atoms with Crippen LogP contribution in [0.5, 0.6) is 0 Å². The third kappa shape index (κ3) is 5.19. The molecule has 1 atom stereocenters. The second kappa shape index (κ2) is 9.69. The number of hydrogen-bond acceptors (Lipinski definition) is 5. The largest absolute Gasteiger partial charge is 0.357 e. The van der Waals surface area contributed by atoms with Gasteiger partial charge >= 0.3 is 0 Å². The smallest absolute Gasteiger partial charge is 0.255 e. The number of hydrogen-bond donors (Lipinski definition) is 2. The van der Waals surface area contributed by atoms with E-state index in [1.54, 1.807) is 11.1 Å². The fourth-order valence-electron chi connectivity index (χ4n) is 3.90. The van der Waals surface area contributed by atoms with Gasteiger partial charge < -0.3 is 20.9 Å². The molecule has 7 nitrogen and oxygen atoms in total. The number of likely N-dealkylation sites (tertiary alicyclic amines) is 1. The van der Waals surface area contributed by atoms with Crippen molar-refractivity contribution >= 4 is 17.6 Å². The number of carbonyl (C=O) groups excluding carboxylic acids is 2. The number of carbonyl (C=O) groups is 2. The first-order valence-corrected chi connectivity index (χ1v) is 10.2. The Morgan fingerprint density at radius 2 is 1.89 bits per heavy atom. The summed E-state index contributed by atoms with van der Waals surface area (Å²) < 4.78 is 0. The van der Waals surface area contributed by atoms with Crippen molar-refractivity contribution in [3.05, 3.63) is 23.9 Å². The lowest BCUT2D eigenvalue weighted by molar-refractivity contribution is -0.126. The summed E-state index contributed by atoms with van der Waals surface area (Å²) in [7, 11) is 0. The Bertz CT molecular complexity index is 626. The van der Waals surface area contributed by atoms with Crippen LogP contribution in [0.25, 0.3) is 0 Å². The Labute approximate surface area is 161 Å². The van der Waals surface area contributed by atoms with Gasteiger partial charge in [0.05, 0.1) is 11.5 Å². The van der Waals surface area contributed by atoms with Crippen molar-refractivity contribution in [3.8, 4) is 0 Å². The number of rotatable bonds is 5. The molecule has 2 aliphatic rings. The number of nitrogens with two attached hydrogens (primary N) is 1. The third-order valence-corrected chi connectivity index (χ3v) is 5.45. The molecule has 1 aromatic heterocycles. The number of anilines is 1. The Balaban J connectivity index is 1.60. The minimum absolute atomic E-state index is 0.00686. The fraction of sp³-hybridized carbons (Fsp3) is 0.650. The highest BCUT2D eigenvalue weighted by Gasteiger charge is 2.29. The number of aromatic nitrogens is 1. The van der Waals surface area contributed by atoms with Gasteiger partial charge in [0.25, 0.3) is 5.91 Å². The van der Waals surface area contributed by atoms with Crippen LogP contribution < -0.4 is 16.0 Å². The Hall–Kier alpha value is -2.15. The molecule has 0 aromatic carbocycles. The summed E-state index contributed by atoms with van der Waals surface area (Å²) in [4.78, 5) is 33.7. The standard InChI is InChI=1S/C20H31N5O2/c21-9-10-22-19(26)17-6-5-13-25(15-17)20(27)16-7-8-18(23-14-16)24-11-3-1-2-4-12-24/h7-8,14,17H,1-6,9-13,15,21H2,(H,22,26). The zero-order valence-corrected chi connectivity index (χ0v) is 16.0. The van der Waals surface area contributed by atoms with Crippen LogP contribution >= 0.6 is 0 Å². The number of piperidine rings is 1. The summed E-state index contributed by atoms with van der Waals surface area (Å²) in [6.45, 7) is 4.12. The lowest BCUT2D eigenvalue weighted by Gasteiger charge is -2.32. The summed E-state index contributed by atoms with van der Waals surface area (Å²) in [6.07, 6.45) is 8.29. The molecule has 1 unspecified atom stereocenters. The molecule has 0 bridgehead atoms. The first-order valence-electron chi connectivity index (χ1n) is 10.2. The van der Waals surface area contributed by atoms with Gasteiger partial charge in [-0.1, -0.05) is 12.8 Å². The minimum Gasteiger partial charge on any atom is -0.357 e. The van der Waals surface area contributed by atoms with Gasteiger partial charge in [-0.15, -0.1) is 0 Å². The number of amides is 2. The van der Waals surface area contributed by atoms with Gasteiger partial charge in [-0.05, 0) is 37.8 Å². The van der Waals surface area contributed by atoms with E-state index in [0.717, 1.165) is 31.7 Å². The van der Waals surface area contributed by atoms with E-state index in [1.807, 2.05) is 12.1 Å². The van der Waals surface area contributed by atoms with Crippen LogP contribution in [0.2, 0.25) is 0 Å². The van der Waals surface area contributed by atoms with E-state index in [-0.39, 0.29) is 17.7 Å². The molecule has 2 amide bonds. The average molecular weight is 374 g/mol. The van der Waals surface area contributed by atoms with Gasteiger partial charge in [-0.2, -0.15) is 0 Å². The van der Waals surface area contributed by atoms with Crippen LogP contribution in [0.1, 0.15) is 48.9 Å². The van der Waals surface area contributed by atoms with Gasteiger partial charge in [-0.25, -0.2) is 4.98 Å². The van der Waals surface area contributed by atoms with E-state index in [4.69, 9.17) is 5.73 Å². The summed E-state index contributed by atoms with van der Waals surface area (Å²) in [5.74, 6) is 0.749. The van der Waals surface area contributed by atoms with Crippen LogP contribution in [-0.2, 0) is 4.79 Å². The lowest BCUT2D eigenvalue weighted by Crippen LogP contribution is -2.46. The van der Waals surface area contributed by atoms with E-state index < -0.39 is 0 Å². The van der Waals surface area contributed by atoms with Crippen molar-refractivity contribution in [2.45, 2.75) is 38.5 Å². The van der Waals surface area contributed by atoms with Crippen LogP contribution in [0.15, 0.2) is 18.3 Å². The molecule has 3 N–H and O–H groups in total. The van der Waals surface area contributed by atoms with Crippen LogP contribution in [0.3, 0.4) is 0 Å². The number of nitrogens with one attached hydrogen (secondary N) is 1. The van der Waals surface area contributed by atoms with Crippen molar-refractivity contribution in [2.24, 2.45) is 11.7 Å². The zero-order valence-electron chi connectivity index (χ0n) is 16.0. The molecule has 2 aliphatic heterocycles. The maximum Gasteiger partial charge on any atom is 0.255 e. The molecule has 0 aliphatic carbocycles. The molecule has 2 fully saturated rings. The van der Waals surface area contributed by atoms with E-state index >= 15 is 0 Å². The Morgan fingerprint density at radius 3 is 2.56 bits per heavy atom. The number of pyridine rings is 1. The first-order chi connectivity index (χ1) is 13.2. The highest BCUT2D eigenvalue weighted by molar-refractivity contribution is 5.94. The Morgan fingerprint density at radius 1 is 1.11 bits per heavy atom. The topological polar surface area (TPSA) is 91.6 Å². The monoisotopic (exact) mass is 373 g/mol. The van der Waals surface area contributed by atoms with Crippen molar-refractivity contribution in [2.75, 3.05) is 44.2 Å². The molecule has 3 rings (SSSR count). The summed E-state index contributed by atoms with van der Waals surface area (Å²) >= 11 is 0. The second-order valence-corrected chi connectivity index (χ2v) is 7.48. The van der Waals surface area contributed by atoms with Crippen LogP contribution in [0, 0.1) is 5.92 Å².